The lowest BCUT2D eigenvalue weighted by Gasteiger charge is -2.13. The van der Waals surface area contributed by atoms with E-state index in [-0.39, 0.29) is 5.78 Å². The minimum atomic E-state index is -1.00. The predicted molar refractivity (Wildman–Crippen MR) is 140 cm³/mol. The van der Waals surface area contributed by atoms with Gasteiger partial charge in [0.2, 0.25) is 0 Å². The smallest absolute Gasteiger partial charge is 0.180 e. The van der Waals surface area contributed by atoms with Crippen LogP contribution in [0.5, 0.6) is 11.5 Å². The maximum Gasteiger partial charge on any atom is 0.180 e. The monoisotopic (exact) mass is 470 g/mol. The minimum absolute atomic E-state index is 0.104. The number of aliphatic hydroxyl groups is 2. The summed E-state index contributed by atoms with van der Waals surface area (Å²) in [5, 5.41) is 20.2. The number of hydrogen-bond donors (Lipinski definition) is 2. The molecule has 34 heavy (non-hydrogen) atoms. The number of carbonyl (C=O) groups is 1. The van der Waals surface area contributed by atoms with Gasteiger partial charge in [-0.05, 0) is 103 Å². The van der Waals surface area contributed by atoms with Crippen molar-refractivity contribution < 1.29 is 24.5 Å². The summed E-state index contributed by atoms with van der Waals surface area (Å²) in [6.07, 6.45) is 11.0. The van der Waals surface area contributed by atoms with Gasteiger partial charge in [0, 0.05) is 5.56 Å². The van der Waals surface area contributed by atoms with Crippen LogP contribution in [0.3, 0.4) is 0 Å². The zero-order valence-electron chi connectivity index (χ0n) is 22.1. The van der Waals surface area contributed by atoms with Crippen LogP contribution < -0.4 is 9.47 Å². The zero-order chi connectivity index (χ0) is 25.9. The third kappa shape index (κ3) is 11.0. The molecule has 2 N–H and O–H groups in total. The molecule has 1 aromatic rings. The van der Waals surface area contributed by atoms with Gasteiger partial charge >= 0.3 is 0 Å². The maximum absolute atomic E-state index is 12.1. The van der Waals surface area contributed by atoms with E-state index < -0.39 is 11.7 Å². The Morgan fingerprint density at radius 2 is 1.76 bits per heavy atom. The van der Waals surface area contributed by atoms with Gasteiger partial charge in [-0.15, -0.1) is 0 Å². The number of hydrogen-bond acceptors (Lipinski definition) is 5. The van der Waals surface area contributed by atoms with Crippen LogP contribution in [0.4, 0.5) is 0 Å². The van der Waals surface area contributed by atoms with Crippen LogP contribution in [0, 0.1) is 6.92 Å². The van der Waals surface area contributed by atoms with Crippen molar-refractivity contribution in [1.82, 2.24) is 0 Å². The molecular weight excluding hydrogens is 428 g/mol. The summed E-state index contributed by atoms with van der Waals surface area (Å²) in [5.74, 6) is 1.56. The summed E-state index contributed by atoms with van der Waals surface area (Å²) in [4.78, 5) is 12.1. The summed E-state index contributed by atoms with van der Waals surface area (Å²) in [6.45, 7) is 11.0. The number of rotatable bonds is 13. The van der Waals surface area contributed by atoms with Gasteiger partial charge in [-0.25, -0.2) is 0 Å². The van der Waals surface area contributed by atoms with Gasteiger partial charge in [-0.2, -0.15) is 0 Å². The number of ether oxygens (including phenoxy) is 2. The van der Waals surface area contributed by atoms with Crippen molar-refractivity contribution in [2.75, 3.05) is 14.2 Å². The van der Waals surface area contributed by atoms with Crippen LogP contribution in [0.2, 0.25) is 0 Å². The number of ketones is 1. The van der Waals surface area contributed by atoms with E-state index in [9.17, 15) is 15.0 Å². The van der Waals surface area contributed by atoms with Gasteiger partial charge in [0.15, 0.2) is 5.78 Å². The largest absolute Gasteiger partial charge is 0.497 e. The highest BCUT2D eigenvalue weighted by molar-refractivity contribution is 6.03. The minimum Gasteiger partial charge on any atom is -0.497 e. The molecule has 5 heteroatoms. The van der Waals surface area contributed by atoms with Crippen molar-refractivity contribution in [3.63, 3.8) is 0 Å². The molecule has 0 aliphatic heterocycles. The molecule has 0 aliphatic rings. The van der Waals surface area contributed by atoms with Gasteiger partial charge < -0.3 is 19.7 Å². The molecule has 5 nitrogen and oxygen atoms in total. The zero-order valence-corrected chi connectivity index (χ0v) is 22.1. The standard InChI is InChI=1S/C29H42O5/c1-20(10-9-11-22(3)27(31)14-15-29(5,6)32)16-25(30)17-21(2)12-13-24-19-26(33-7)18-23(4)28(24)34-8/h11-12,14-16,18-19,25,30,32H,9-10,13,17H2,1-8H3/t25-/m0/s1. The van der Waals surface area contributed by atoms with E-state index in [2.05, 4.69) is 6.08 Å². The highest BCUT2D eigenvalue weighted by Crippen LogP contribution is 2.29. The van der Waals surface area contributed by atoms with Crippen molar-refractivity contribution >= 4 is 5.78 Å². The summed E-state index contributed by atoms with van der Waals surface area (Å²) in [7, 11) is 3.33. The fraction of sp³-hybridized carbons (Fsp3) is 0.483. The lowest BCUT2D eigenvalue weighted by atomic mass is 10.0. The molecule has 1 aromatic carbocycles. The number of methoxy groups -OCH3 is 2. The number of aliphatic hydroxyl groups excluding tert-OH is 1. The van der Waals surface area contributed by atoms with Gasteiger partial charge in [0.05, 0.1) is 25.9 Å². The van der Waals surface area contributed by atoms with Crippen molar-refractivity contribution in [3.8, 4) is 11.5 Å². The lowest BCUT2D eigenvalue weighted by molar-refractivity contribution is -0.111. The first kappa shape index (κ1) is 29.4. The second kappa shape index (κ2) is 13.9. The van der Waals surface area contributed by atoms with Crippen molar-refractivity contribution in [2.24, 2.45) is 0 Å². The average Bonchev–Trinajstić information content (AvgIpc) is 2.74. The quantitative estimate of drug-likeness (QED) is 0.281. The first-order valence-corrected chi connectivity index (χ1v) is 11.7. The normalized spacial score (nSPS) is 14.5. The number of allylic oxidation sites excluding steroid dienone is 5. The molecule has 0 aliphatic carbocycles. The molecule has 188 valence electrons. The SMILES string of the molecule is COc1cc(C)c(OC)c(CC=C(C)C[C@@H](O)C=C(C)CCC=C(C)C(=O)C=CC(C)(C)O)c1. The Labute approximate surface area is 205 Å². The molecule has 0 heterocycles. The van der Waals surface area contributed by atoms with Gasteiger partial charge in [-0.3, -0.25) is 4.79 Å². The van der Waals surface area contributed by atoms with Crippen LogP contribution >= 0.6 is 0 Å². The van der Waals surface area contributed by atoms with Crippen molar-refractivity contribution in [3.05, 3.63) is 70.4 Å². The molecule has 0 radical (unpaired) electrons. The Hall–Kier alpha value is -2.63. The van der Waals surface area contributed by atoms with E-state index in [1.807, 2.05) is 45.1 Å². The molecule has 0 aromatic heterocycles. The van der Waals surface area contributed by atoms with Gasteiger partial charge in [0.25, 0.3) is 0 Å². The van der Waals surface area contributed by atoms with E-state index >= 15 is 0 Å². The molecule has 1 rings (SSSR count). The van der Waals surface area contributed by atoms with E-state index in [0.717, 1.165) is 40.2 Å². The average molecular weight is 471 g/mol. The summed E-state index contributed by atoms with van der Waals surface area (Å²) < 4.78 is 10.9. The number of aryl methyl sites for hydroxylation is 1. The molecule has 1 atom stereocenters. The van der Waals surface area contributed by atoms with Crippen molar-refractivity contribution in [1.29, 1.82) is 0 Å². The molecule has 0 saturated heterocycles. The number of benzene rings is 1. The van der Waals surface area contributed by atoms with Crippen molar-refractivity contribution in [2.45, 2.75) is 78.9 Å². The van der Waals surface area contributed by atoms with E-state index in [4.69, 9.17) is 9.47 Å². The highest BCUT2D eigenvalue weighted by Gasteiger charge is 2.10. The predicted octanol–water partition coefficient (Wildman–Crippen LogP) is 5.82. The Kier molecular flexibility index (Phi) is 12.0. The van der Waals surface area contributed by atoms with Crippen LogP contribution in [-0.2, 0) is 11.2 Å². The highest BCUT2D eigenvalue weighted by atomic mass is 16.5. The number of carbonyl (C=O) groups excluding carboxylic acids is 1. The molecule has 0 saturated carbocycles. The second-order valence-electron chi connectivity index (χ2n) is 9.45. The van der Waals surface area contributed by atoms with Crippen LogP contribution in [-0.4, -0.2) is 41.9 Å². The van der Waals surface area contributed by atoms with Gasteiger partial charge in [-0.1, -0.05) is 29.4 Å². The van der Waals surface area contributed by atoms with E-state index in [1.54, 1.807) is 35.0 Å². The summed E-state index contributed by atoms with van der Waals surface area (Å²) in [6, 6.07) is 3.94. The van der Waals surface area contributed by atoms with E-state index in [1.165, 1.54) is 12.2 Å². The second-order valence-corrected chi connectivity index (χ2v) is 9.45. The van der Waals surface area contributed by atoms with Gasteiger partial charge in [0.1, 0.15) is 11.5 Å². The van der Waals surface area contributed by atoms with E-state index in [0.29, 0.717) is 24.8 Å². The maximum atomic E-state index is 12.1. The molecular formula is C29H42O5. The first-order valence-electron chi connectivity index (χ1n) is 11.7. The third-order valence-electron chi connectivity index (χ3n) is 5.46. The Morgan fingerprint density at radius 1 is 1.09 bits per heavy atom. The fourth-order valence-electron chi connectivity index (χ4n) is 3.57. The van der Waals surface area contributed by atoms with Crippen LogP contribution in [0.15, 0.2) is 59.2 Å². The molecule has 0 fully saturated rings. The Bertz CT molecular complexity index is 942. The summed E-state index contributed by atoms with van der Waals surface area (Å²) in [5.41, 5.74) is 3.90. The molecule has 0 bridgehead atoms. The molecule has 0 unspecified atom stereocenters. The summed E-state index contributed by atoms with van der Waals surface area (Å²) >= 11 is 0. The topological polar surface area (TPSA) is 76.0 Å². The Balaban J connectivity index is 2.66. The molecule has 0 spiro atoms. The Morgan fingerprint density at radius 3 is 2.35 bits per heavy atom. The lowest BCUT2D eigenvalue weighted by Crippen LogP contribution is -2.14. The van der Waals surface area contributed by atoms with Crippen LogP contribution in [0.1, 0.15) is 65.0 Å². The fourth-order valence-corrected chi connectivity index (χ4v) is 3.57. The third-order valence-corrected chi connectivity index (χ3v) is 5.46. The van der Waals surface area contributed by atoms with Crippen LogP contribution in [0.25, 0.3) is 0 Å². The molecule has 0 amide bonds. The first-order chi connectivity index (χ1) is 15.9.